The van der Waals surface area contributed by atoms with E-state index < -0.39 is 0 Å². The van der Waals surface area contributed by atoms with Crippen LogP contribution >= 0.6 is 15.9 Å². The Labute approximate surface area is 114 Å². The van der Waals surface area contributed by atoms with Gasteiger partial charge in [-0.3, -0.25) is 0 Å². The van der Waals surface area contributed by atoms with E-state index in [1.54, 1.807) is 0 Å². The maximum absolute atomic E-state index is 5.84. The lowest BCUT2D eigenvalue weighted by atomic mass is 10.0. The minimum Gasteiger partial charge on any atom is -0.381 e. The van der Waals surface area contributed by atoms with Crippen molar-refractivity contribution in [3.05, 3.63) is 34.4 Å². The first kappa shape index (κ1) is 13.1. The average Bonchev–Trinajstić information content (AvgIpc) is 2.71. The van der Waals surface area contributed by atoms with Gasteiger partial charge in [0.2, 0.25) is 5.88 Å². The Morgan fingerprint density at radius 1 is 1.44 bits per heavy atom. The van der Waals surface area contributed by atoms with E-state index in [1.165, 1.54) is 0 Å². The van der Waals surface area contributed by atoms with Gasteiger partial charge in [0.1, 0.15) is 0 Å². The third kappa shape index (κ3) is 2.91. The van der Waals surface area contributed by atoms with Crippen molar-refractivity contribution < 1.29 is 9.26 Å². The molecule has 4 nitrogen and oxygen atoms in total. The summed E-state index contributed by atoms with van der Waals surface area (Å²) in [6, 6.07) is 7.90. The van der Waals surface area contributed by atoms with Crippen LogP contribution in [0.25, 0.3) is 11.1 Å². The van der Waals surface area contributed by atoms with Crippen LogP contribution in [-0.2, 0) is 11.2 Å². The van der Waals surface area contributed by atoms with Crippen molar-refractivity contribution in [2.24, 2.45) is 0 Å². The largest absolute Gasteiger partial charge is 0.381 e. The molecule has 0 spiro atoms. The third-order valence-electron chi connectivity index (χ3n) is 2.59. The molecule has 0 aliphatic heterocycles. The standard InChI is InChI=1S/C13H15BrN2O2/c1-2-17-7-6-11-12(13(15)18-16-11)9-4-3-5-10(14)8-9/h3-5,8H,2,6-7,15H2,1H3. The Morgan fingerprint density at radius 2 is 2.28 bits per heavy atom. The smallest absolute Gasteiger partial charge is 0.230 e. The molecule has 0 atom stereocenters. The van der Waals surface area contributed by atoms with Crippen LogP contribution in [0, 0.1) is 0 Å². The zero-order valence-electron chi connectivity index (χ0n) is 10.1. The lowest BCUT2D eigenvalue weighted by Gasteiger charge is -2.03. The van der Waals surface area contributed by atoms with Crippen LogP contribution in [0.2, 0.25) is 0 Å². The van der Waals surface area contributed by atoms with Gasteiger partial charge in [-0.15, -0.1) is 0 Å². The molecule has 0 saturated carbocycles. The zero-order valence-corrected chi connectivity index (χ0v) is 11.7. The highest BCUT2D eigenvalue weighted by molar-refractivity contribution is 9.10. The number of nitrogens with zero attached hydrogens (tertiary/aromatic N) is 1. The topological polar surface area (TPSA) is 61.3 Å². The van der Waals surface area contributed by atoms with Crippen LogP contribution < -0.4 is 5.73 Å². The number of nitrogen functional groups attached to an aromatic ring is 1. The molecule has 1 aromatic carbocycles. The summed E-state index contributed by atoms with van der Waals surface area (Å²) in [7, 11) is 0. The molecule has 1 aromatic heterocycles. The molecule has 2 N–H and O–H groups in total. The maximum Gasteiger partial charge on any atom is 0.230 e. The van der Waals surface area contributed by atoms with Crippen LogP contribution in [0.15, 0.2) is 33.3 Å². The Kier molecular flexibility index (Phi) is 4.38. The molecule has 0 amide bonds. The first-order valence-electron chi connectivity index (χ1n) is 5.80. The van der Waals surface area contributed by atoms with E-state index in [9.17, 15) is 0 Å². The summed E-state index contributed by atoms with van der Waals surface area (Å²) in [5, 5.41) is 4.00. The molecule has 1 heterocycles. The van der Waals surface area contributed by atoms with E-state index >= 15 is 0 Å². The van der Waals surface area contributed by atoms with E-state index in [-0.39, 0.29) is 0 Å². The van der Waals surface area contributed by atoms with Gasteiger partial charge in [-0.25, -0.2) is 0 Å². The first-order valence-corrected chi connectivity index (χ1v) is 6.59. The van der Waals surface area contributed by atoms with Crippen LogP contribution in [0.5, 0.6) is 0 Å². The molecule has 0 aliphatic rings. The number of ether oxygens (including phenoxy) is 1. The van der Waals surface area contributed by atoms with Crippen LogP contribution in [0.3, 0.4) is 0 Å². The molecular formula is C13H15BrN2O2. The van der Waals surface area contributed by atoms with Crippen molar-refractivity contribution in [2.45, 2.75) is 13.3 Å². The minimum absolute atomic E-state index is 0.347. The van der Waals surface area contributed by atoms with E-state index in [1.807, 2.05) is 31.2 Å². The number of hydrogen-bond donors (Lipinski definition) is 1. The maximum atomic E-state index is 5.84. The molecule has 5 heteroatoms. The molecule has 0 fully saturated rings. The molecule has 0 saturated heterocycles. The molecule has 2 rings (SSSR count). The highest BCUT2D eigenvalue weighted by Crippen LogP contribution is 2.31. The molecule has 18 heavy (non-hydrogen) atoms. The summed E-state index contributed by atoms with van der Waals surface area (Å²) in [5.41, 5.74) is 8.53. The van der Waals surface area contributed by atoms with E-state index in [4.69, 9.17) is 15.0 Å². The van der Waals surface area contributed by atoms with E-state index in [2.05, 4.69) is 21.1 Å². The number of anilines is 1. The van der Waals surface area contributed by atoms with Gasteiger partial charge in [-0.05, 0) is 24.6 Å². The quantitative estimate of drug-likeness (QED) is 0.861. The Morgan fingerprint density at radius 3 is 3.00 bits per heavy atom. The molecular weight excluding hydrogens is 296 g/mol. The summed E-state index contributed by atoms with van der Waals surface area (Å²) >= 11 is 3.44. The van der Waals surface area contributed by atoms with Gasteiger partial charge in [0.25, 0.3) is 0 Å². The number of rotatable bonds is 5. The summed E-state index contributed by atoms with van der Waals surface area (Å²) in [4.78, 5) is 0. The zero-order chi connectivity index (χ0) is 13.0. The van der Waals surface area contributed by atoms with Gasteiger partial charge >= 0.3 is 0 Å². The second kappa shape index (κ2) is 6.02. The fourth-order valence-electron chi connectivity index (χ4n) is 1.77. The van der Waals surface area contributed by atoms with Crippen LogP contribution in [0.1, 0.15) is 12.6 Å². The highest BCUT2D eigenvalue weighted by atomic mass is 79.9. The van der Waals surface area contributed by atoms with Gasteiger partial charge < -0.3 is 15.0 Å². The van der Waals surface area contributed by atoms with Crippen LogP contribution in [0.4, 0.5) is 5.88 Å². The van der Waals surface area contributed by atoms with Crippen molar-refractivity contribution in [3.8, 4) is 11.1 Å². The van der Waals surface area contributed by atoms with Crippen molar-refractivity contribution >= 4 is 21.8 Å². The van der Waals surface area contributed by atoms with Gasteiger partial charge in [0.15, 0.2) is 0 Å². The van der Waals surface area contributed by atoms with Crippen molar-refractivity contribution in [3.63, 3.8) is 0 Å². The number of aromatic nitrogens is 1. The second-order valence-electron chi connectivity index (χ2n) is 3.83. The summed E-state index contributed by atoms with van der Waals surface area (Å²) in [6.45, 7) is 3.27. The molecule has 0 aliphatic carbocycles. The molecule has 0 radical (unpaired) electrons. The fraction of sp³-hybridized carbons (Fsp3) is 0.308. The van der Waals surface area contributed by atoms with E-state index in [0.717, 1.165) is 21.3 Å². The van der Waals surface area contributed by atoms with Crippen molar-refractivity contribution in [2.75, 3.05) is 18.9 Å². The average molecular weight is 311 g/mol. The monoisotopic (exact) mass is 310 g/mol. The molecule has 0 unspecified atom stereocenters. The number of nitrogens with two attached hydrogens (primary N) is 1. The van der Waals surface area contributed by atoms with Crippen molar-refractivity contribution in [1.82, 2.24) is 5.16 Å². The lowest BCUT2D eigenvalue weighted by Crippen LogP contribution is -2.00. The predicted molar refractivity (Wildman–Crippen MR) is 74.2 cm³/mol. The molecule has 96 valence electrons. The van der Waals surface area contributed by atoms with Gasteiger partial charge in [-0.2, -0.15) is 0 Å². The SMILES string of the molecule is CCOCCc1noc(N)c1-c1cccc(Br)c1. The highest BCUT2D eigenvalue weighted by Gasteiger charge is 2.15. The van der Waals surface area contributed by atoms with Gasteiger partial charge in [-0.1, -0.05) is 33.2 Å². The van der Waals surface area contributed by atoms with Crippen LogP contribution in [-0.4, -0.2) is 18.4 Å². The second-order valence-corrected chi connectivity index (χ2v) is 4.74. The van der Waals surface area contributed by atoms with E-state index in [0.29, 0.717) is 25.5 Å². The molecule has 0 bridgehead atoms. The summed E-state index contributed by atoms with van der Waals surface area (Å²) in [5.74, 6) is 0.347. The van der Waals surface area contributed by atoms with Gasteiger partial charge in [0.05, 0.1) is 17.9 Å². The minimum atomic E-state index is 0.347. The summed E-state index contributed by atoms with van der Waals surface area (Å²) < 4.78 is 11.4. The molecule has 2 aromatic rings. The lowest BCUT2D eigenvalue weighted by molar-refractivity contribution is 0.149. The number of hydrogen-bond acceptors (Lipinski definition) is 4. The first-order chi connectivity index (χ1) is 8.72. The van der Waals surface area contributed by atoms with Crippen molar-refractivity contribution in [1.29, 1.82) is 0 Å². The predicted octanol–water partition coefficient (Wildman–Crippen LogP) is 3.27. The number of benzene rings is 1. The third-order valence-corrected chi connectivity index (χ3v) is 3.08. The number of halogens is 1. The van der Waals surface area contributed by atoms with Gasteiger partial charge in [0, 0.05) is 17.5 Å². The fourth-order valence-corrected chi connectivity index (χ4v) is 2.17. The summed E-state index contributed by atoms with van der Waals surface area (Å²) in [6.07, 6.45) is 0.691. The Hall–Kier alpha value is -1.33. The Balaban J connectivity index is 2.29. The Bertz CT molecular complexity index is 525. The normalized spacial score (nSPS) is 10.8.